The average Bonchev–Trinajstić information content (AvgIpc) is 2.77. The summed E-state index contributed by atoms with van der Waals surface area (Å²) in [5.41, 5.74) is 0. The molecule has 0 aliphatic carbocycles. The molecule has 0 radical (unpaired) electrons. The third kappa shape index (κ3) is 2.10. The summed E-state index contributed by atoms with van der Waals surface area (Å²) in [6, 6.07) is 3.40. The van der Waals surface area contributed by atoms with Crippen LogP contribution in [0.5, 0.6) is 0 Å². The van der Waals surface area contributed by atoms with Gasteiger partial charge in [-0.05, 0) is 23.9 Å². The Hall–Kier alpha value is -1.56. The lowest BCUT2D eigenvalue weighted by Crippen LogP contribution is -1.88. The van der Waals surface area contributed by atoms with Crippen molar-refractivity contribution in [1.29, 1.82) is 0 Å². The van der Waals surface area contributed by atoms with Gasteiger partial charge >= 0.3 is 0 Å². The van der Waals surface area contributed by atoms with Crippen molar-refractivity contribution >= 4 is 17.5 Å². The number of furan rings is 1. The highest BCUT2D eigenvalue weighted by Crippen LogP contribution is 2.27. The Labute approximate surface area is 90.5 Å². The topological polar surface area (TPSA) is 60.9 Å². The van der Waals surface area contributed by atoms with Gasteiger partial charge < -0.3 is 8.98 Å². The van der Waals surface area contributed by atoms with Gasteiger partial charge in [0.25, 0.3) is 0 Å². The molecule has 78 valence electrons. The molecule has 0 aliphatic heterocycles. The van der Waals surface area contributed by atoms with Crippen molar-refractivity contribution < 1.29 is 9.21 Å². The number of hydrogen-bond acceptors (Lipinski definition) is 5. The lowest BCUT2D eigenvalue weighted by molar-refractivity contribution is 0.0982. The first-order valence-electron chi connectivity index (χ1n) is 4.29. The fourth-order valence-corrected chi connectivity index (χ4v) is 1.75. The second-order valence-corrected chi connectivity index (χ2v) is 3.97. The minimum atomic E-state index is -0.0835. The van der Waals surface area contributed by atoms with E-state index < -0.39 is 0 Å². The van der Waals surface area contributed by atoms with Gasteiger partial charge in [-0.15, -0.1) is 10.2 Å². The summed E-state index contributed by atoms with van der Waals surface area (Å²) in [4.78, 5) is 11.0. The minimum Gasteiger partial charge on any atom is -0.446 e. The van der Waals surface area contributed by atoms with Crippen molar-refractivity contribution in [1.82, 2.24) is 14.8 Å². The second-order valence-electron chi connectivity index (χ2n) is 3.00. The number of carbonyl (C=O) groups is 1. The SMILES string of the molecule is CC(=O)c1ccc(Sc2nncn2C)o1. The van der Waals surface area contributed by atoms with Gasteiger partial charge in [-0.3, -0.25) is 4.79 Å². The molecule has 0 amide bonds. The Morgan fingerprint density at radius 1 is 1.53 bits per heavy atom. The largest absolute Gasteiger partial charge is 0.446 e. The summed E-state index contributed by atoms with van der Waals surface area (Å²) in [7, 11) is 1.84. The van der Waals surface area contributed by atoms with Gasteiger partial charge in [0, 0.05) is 14.0 Å². The van der Waals surface area contributed by atoms with Crippen LogP contribution in [0.3, 0.4) is 0 Å². The quantitative estimate of drug-likeness (QED) is 0.742. The summed E-state index contributed by atoms with van der Waals surface area (Å²) in [6.07, 6.45) is 1.61. The monoisotopic (exact) mass is 223 g/mol. The first-order valence-corrected chi connectivity index (χ1v) is 5.11. The molecule has 0 saturated heterocycles. The van der Waals surface area contributed by atoms with Crippen LogP contribution in [0.25, 0.3) is 0 Å². The van der Waals surface area contributed by atoms with Gasteiger partial charge in [0.05, 0.1) is 0 Å². The van der Waals surface area contributed by atoms with Crippen molar-refractivity contribution in [3.05, 3.63) is 24.2 Å². The zero-order chi connectivity index (χ0) is 10.8. The maximum absolute atomic E-state index is 11.0. The predicted octanol–water partition coefficient (Wildman–Crippen LogP) is 1.76. The first kappa shape index (κ1) is 9.97. The summed E-state index contributed by atoms with van der Waals surface area (Å²) in [5, 5.41) is 9.00. The van der Waals surface area contributed by atoms with E-state index >= 15 is 0 Å². The van der Waals surface area contributed by atoms with E-state index in [2.05, 4.69) is 10.2 Å². The molecule has 0 N–H and O–H groups in total. The summed E-state index contributed by atoms with van der Waals surface area (Å²) < 4.78 is 7.08. The van der Waals surface area contributed by atoms with Gasteiger partial charge in [0.2, 0.25) is 0 Å². The molecule has 15 heavy (non-hydrogen) atoms. The van der Waals surface area contributed by atoms with Crippen LogP contribution in [-0.2, 0) is 7.05 Å². The zero-order valence-electron chi connectivity index (χ0n) is 8.30. The highest BCUT2D eigenvalue weighted by molar-refractivity contribution is 7.99. The third-order valence-corrected chi connectivity index (χ3v) is 2.76. The van der Waals surface area contributed by atoms with Crippen LogP contribution in [0.1, 0.15) is 17.5 Å². The predicted molar refractivity (Wildman–Crippen MR) is 53.8 cm³/mol. The molecular weight excluding hydrogens is 214 g/mol. The first-order chi connectivity index (χ1) is 7.16. The molecule has 5 nitrogen and oxygen atoms in total. The van der Waals surface area contributed by atoms with E-state index in [9.17, 15) is 4.79 Å². The van der Waals surface area contributed by atoms with Gasteiger partial charge in [-0.1, -0.05) is 0 Å². The fraction of sp³-hybridized carbons (Fsp3) is 0.222. The van der Waals surface area contributed by atoms with Gasteiger partial charge in [0.1, 0.15) is 6.33 Å². The Bertz CT molecular complexity index is 489. The van der Waals surface area contributed by atoms with E-state index in [0.717, 1.165) is 5.16 Å². The molecule has 0 aromatic carbocycles. The summed E-state index contributed by atoms with van der Waals surface area (Å²) in [6.45, 7) is 1.47. The maximum atomic E-state index is 11.0. The van der Waals surface area contributed by atoms with Crippen LogP contribution < -0.4 is 0 Å². The number of rotatable bonds is 3. The van der Waals surface area contributed by atoms with E-state index in [1.54, 1.807) is 23.0 Å². The van der Waals surface area contributed by atoms with Gasteiger partial charge in [-0.25, -0.2) is 0 Å². The summed E-state index contributed by atoms with van der Waals surface area (Å²) in [5.74, 6) is 0.277. The number of aromatic nitrogens is 3. The van der Waals surface area contributed by atoms with Crippen LogP contribution in [0, 0.1) is 0 Å². The molecule has 0 spiro atoms. The molecule has 0 saturated carbocycles. The normalized spacial score (nSPS) is 10.5. The van der Waals surface area contributed by atoms with Crippen LogP contribution in [-0.4, -0.2) is 20.5 Å². The molecule has 2 rings (SSSR count). The number of Topliss-reactive ketones (excluding diaryl/α,β-unsaturated/α-hetero) is 1. The second kappa shape index (κ2) is 3.90. The number of nitrogens with zero attached hydrogens (tertiary/aromatic N) is 3. The molecule has 6 heteroatoms. The van der Waals surface area contributed by atoms with E-state index in [1.807, 2.05) is 7.05 Å². The van der Waals surface area contributed by atoms with Crippen molar-refractivity contribution in [2.24, 2.45) is 7.05 Å². The average molecular weight is 223 g/mol. The van der Waals surface area contributed by atoms with E-state index in [-0.39, 0.29) is 5.78 Å². The molecule has 0 unspecified atom stereocenters. The Morgan fingerprint density at radius 2 is 2.33 bits per heavy atom. The molecule has 2 aromatic rings. The highest BCUT2D eigenvalue weighted by Gasteiger charge is 2.10. The van der Waals surface area contributed by atoms with Gasteiger partial charge in [-0.2, -0.15) is 0 Å². The molecule has 0 aliphatic rings. The molecule has 2 heterocycles. The zero-order valence-corrected chi connectivity index (χ0v) is 9.11. The molecule has 0 atom stereocenters. The standard InChI is InChI=1S/C9H9N3O2S/c1-6(13)7-3-4-8(14-7)15-9-11-10-5-12(9)2/h3-5H,1-2H3. The molecular formula is C9H9N3O2S. The number of carbonyl (C=O) groups excluding carboxylic acids is 1. The molecule has 2 aromatic heterocycles. The lowest BCUT2D eigenvalue weighted by atomic mass is 10.3. The number of hydrogen-bond donors (Lipinski definition) is 0. The van der Waals surface area contributed by atoms with Crippen molar-refractivity contribution in [3.8, 4) is 0 Å². The Balaban J connectivity index is 2.18. The Morgan fingerprint density at radius 3 is 2.87 bits per heavy atom. The minimum absolute atomic E-state index is 0.0835. The van der Waals surface area contributed by atoms with E-state index in [4.69, 9.17) is 4.42 Å². The summed E-state index contributed by atoms with van der Waals surface area (Å²) >= 11 is 1.33. The van der Waals surface area contributed by atoms with Crippen LogP contribution in [0.4, 0.5) is 0 Å². The maximum Gasteiger partial charge on any atom is 0.198 e. The van der Waals surface area contributed by atoms with Crippen molar-refractivity contribution in [2.45, 2.75) is 17.2 Å². The Kier molecular flexibility index (Phi) is 2.59. The van der Waals surface area contributed by atoms with E-state index in [1.165, 1.54) is 18.7 Å². The highest BCUT2D eigenvalue weighted by atomic mass is 32.2. The smallest absolute Gasteiger partial charge is 0.198 e. The van der Waals surface area contributed by atoms with Crippen LogP contribution in [0.2, 0.25) is 0 Å². The van der Waals surface area contributed by atoms with Gasteiger partial charge in [0.15, 0.2) is 21.8 Å². The van der Waals surface area contributed by atoms with Crippen molar-refractivity contribution in [3.63, 3.8) is 0 Å². The van der Waals surface area contributed by atoms with Crippen LogP contribution >= 0.6 is 11.8 Å². The molecule has 0 fully saturated rings. The fourth-order valence-electron chi connectivity index (χ4n) is 1.02. The third-order valence-electron chi connectivity index (χ3n) is 1.79. The van der Waals surface area contributed by atoms with Crippen LogP contribution in [0.15, 0.2) is 33.1 Å². The molecule has 0 bridgehead atoms. The van der Waals surface area contributed by atoms with Crippen molar-refractivity contribution in [2.75, 3.05) is 0 Å². The lowest BCUT2D eigenvalue weighted by Gasteiger charge is -1.95. The van der Waals surface area contributed by atoms with E-state index in [0.29, 0.717) is 10.9 Å². The number of ketones is 1. The number of aryl methyl sites for hydroxylation is 1.